The van der Waals surface area contributed by atoms with Gasteiger partial charge in [-0.2, -0.15) is 0 Å². The minimum absolute atomic E-state index is 0.290. The smallest absolute Gasteiger partial charge is 0.305 e. The van der Waals surface area contributed by atoms with Gasteiger partial charge in [0.05, 0.1) is 23.6 Å². The number of imide groups is 1. The molecule has 27 heavy (non-hydrogen) atoms. The van der Waals surface area contributed by atoms with Gasteiger partial charge in [0, 0.05) is 0 Å². The van der Waals surface area contributed by atoms with E-state index in [1.54, 1.807) is 36.4 Å². The number of nitrogens with zero attached hydrogens (tertiary/aromatic N) is 1. The van der Waals surface area contributed by atoms with Gasteiger partial charge in [0.25, 0.3) is 11.8 Å². The third kappa shape index (κ3) is 2.91. The summed E-state index contributed by atoms with van der Waals surface area (Å²) in [5, 5.41) is 9.37. The second-order valence-corrected chi connectivity index (χ2v) is 6.55. The molecule has 2 heterocycles. The first-order valence-corrected chi connectivity index (χ1v) is 8.55. The van der Waals surface area contributed by atoms with Gasteiger partial charge in [-0.15, -0.1) is 0 Å². The van der Waals surface area contributed by atoms with Gasteiger partial charge in [0.2, 0.25) is 0 Å². The van der Waals surface area contributed by atoms with E-state index in [2.05, 4.69) is 0 Å². The van der Waals surface area contributed by atoms with E-state index in [9.17, 15) is 19.5 Å². The fourth-order valence-electron chi connectivity index (χ4n) is 3.45. The van der Waals surface area contributed by atoms with Crippen LogP contribution < -0.4 is 9.47 Å². The Hall–Kier alpha value is -3.35. The van der Waals surface area contributed by atoms with Crippen molar-refractivity contribution < 1.29 is 29.0 Å². The average Bonchev–Trinajstić information content (AvgIpc) is 2.89. The van der Waals surface area contributed by atoms with Crippen LogP contribution in [0.4, 0.5) is 0 Å². The van der Waals surface area contributed by atoms with Crippen molar-refractivity contribution in [3.8, 4) is 11.5 Å². The quantitative estimate of drug-likeness (QED) is 0.835. The molecule has 2 aromatic carbocycles. The lowest BCUT2D eigenvalue weighted by atomic mass is 10.0. The van der Waals surface area contributed by atoms with Crippen LogP contribution in [0.25, 0.3) is 0 Å². The van der Waals surface area contributed by atoms with Crippen LogP contribution in [-0.4, -0.2) is 41.0 Å². The molecule has 0 saturated carbocycles. The summed E-state index contributed by atoms with van der Waals surface area (Å²) in [6.07, 6.45) is -0.399. The molecule has 0 aromatic heterocycles. The molecule has 1 N–H and O–H groups in total. The summed E-state index contributed by atoms with van der Waals surface area (Å²) in [6.45, 7) is 2.64. The van der Waals surface area contributed by atoms with Gasteiger partial charge in [0.15, 0.2) is 11.5 Å². The third-order valence-corrected chi connectivity index (χ3v) is 4.70. The molecule has 0 bridgehead atoms. The van der Waals surface area contributed by atoms with Crippen LogP contribution in [0.5, 0.6) is 11.5 Å². The zero-order chi connectivity index (χ0) is 19.1. The Balaban J connectivity index is 1.76. The maximum absolute atomic E-state index is 12.9. The Morgan fingerprint density at radius 2 is 1.74 bits per heavy atom. The number of carbonyl (C=O) groups excluding carboxylic acids is 2. The molecule has 2 aliphatic rings. The van der Waals surface area contributed by atoms with Crippen molar-refractivity contribution in [1.29, 1.82) is 0 Å². The van der Waals surface area contributed by atoms with Gasteiger partial charge in [0.1, 0.15) is 13.2 Å². The number of hydrogen-bond donors (Lipinski definition) is 1. The number of aliphatic carboxylic acids is 1. The Morgan fingerprint density at radius 1 is 1.04 bits per heavy atom. The van der Waals surface area contributed by atoms with Gasteiger partial charge in [-0.05, 0) is 36.8 Å². The molecule has 0 aliphatic carbocycles. The minimum Gasteiger partial charge on any atom is -0.486 e. The van der Waals surface area contributed by atoms with Crippen LogP contribution in [0.3, 0.4) is 0 Å². The number of carboxylic acids is 1. The Bertz CT molecular complexity index is 967. The number of benzene rings is 2. The largest absolute Gasteiger partial charge is 0.486 e. The fraction of sp³-hybridized carbons (Fsp3) is 0.250. The van der Waals surface area contributed by atoms with Crippen molar-refractivity contribution in [2.45, 2.75) is 19.4 Å². The summed E-state index contributed by atoms with van der Waals surface area (Å²) in [4.78, 5) is 38.3. The third-order valence-electron chi connectivity index (χ3n) is 4.70. The van der Waals surface area contributed by atoms with Gasteiger partial charge >= 0.3 is 5.97 Å². The lowest BCUT2D eigenvalue weighted by molar-refractivity contribution is -0.138. The number of aryl methyl sites for hydroxylation is 1. The summed E-state index contributed by atoms with van der Waals surface area (Å²) in [5.74, 6) is -1.06. The number of carboxylic acid groups (broad SMARTS) is 1. The predicted molar refractivity (Wildman–Crippen MR) is 94.1 cm³/mol. The first kappa shape index (κ1) is 17.1. The van der Waals surface area contributed by atoms with Crippen molar-refractivity contribution in [2.24, 2.45) is 0 Å². The highest BCUT2D eigenvalue weighted by Gasteiger charge is 2.41. The zero-order valence-electron chi connectivity index (χ0n) is 14.6. The monoisotopic (exact) mass is 367 g/mol. The summed E-state index contributed by atoms with van der Waals surface area (Å²) >= 11 is 0. The highest BCUT2D eigenvalue weighted by Crippen LogP contribution is 2.38. The Kier molecular flexibility index (Phi) is 4.07. The lowest BCUT2D eigenvalue weighted by Gasteiger charge is -2.27. The molecule has 2 aliphatic heterocycles. The van der Waals surface area contributed by atoms with E-state index in [0.29, 0.717) is 41.4 Å². The van der Waals surface area contributed by atoms with E-state index in [1.165, 1.54) is 0 Å². The predicted octanol–water partition coefficient (Wildman–Crippen LogP) is 2.58. The molecule has 1 atom stereocenters. The number of carbonyl (C=O) groups is 3. The molecule has 2 aromatic rings. The van der Waals surface area contributed by atoms with Gasteiger partial charge < -0.3 is 14.6 Å². The van der Waals surface area contributed by atoms with Gasteiger partial charge in [-0.3, -0.25) is 19.3 Å². The molecule has 2 amide bonds. The normalized spacial score (nSPS) is 16.3. The number of hydrogen-bond acceptors (Lipinski definition) is 5. The van der Waals surface area contributed by atoms with Crippen molar-refractivity contribution >= 4 is 17.8 Å². The molecule has 4 rings (SSSR count). The van der Waals surface area contributed by atoms with E-state index in [-0.39, 0.29) is 0 Å². The van der Waals surface area contributed by atoms with Crippen LogP contribution in [0, 0.1) is 6.92 Å². The lowest BCUT2D eigenvalue weighted by Crippen LogP contribution is -2.35. The van der Waals surface area contributed by atoms with Crippen molar-refractivity contribution in [3.05, 3.63) is 58.7 Å². The van der Waals surface area contributed by atoms with E-state index in [0.717, 1.165) is 10.5 Å². The molecule has 138 valence electrons. The molecule has 0 radical (unpaired) electrons. The number of amides is 2. The second-order valence-electron chi connectivity index (χ2n) is 6.55. The number of rotatable bonds is 4. The second kappa shape index (κ2) is 6.42. The molecular weight excluding hydrogens is 350 g/mol. The maximum Gasteiger partial charge on any atom is 0.305 e. The first-order valence-electron chi connectivity index (χ1n) is 8.55. The van der Waals surface area contributed by atoms with E-state index >= 15 is 0 Å². The Morgan fingerprint density at radius 3 is 2.48 bits per heavy atom. The topological polar surface area (TPSA) is 93.1 Å². The van der Waals surface area contributed by atoms with Gasteiger partial charge in [-0.25, -0.2) is 0 Å². The molecule has 0 saturated heterocycles. The van der Waals surface area contributed by atoms with Crippen LogP contribution in [0.1, 0.15) is 44.3 Å². The summed E-state index contributed by atoms with van der Waals surface area (Å²) in [7, 11) is 0. The van der Waals surface area contributed by atoms with Crippen molar-refractivity contribution in [1.82, 2.24) is 4.90 Å². The van der Waals surface area contributed by atoms with Gasteiger partial charge in [-0.1, -0.05) is 17.7 Å². The standard InChI is InChI=1S/C20H17NO6/c1-11-2-4-13-14(8-11)20(25)21(19(13)24)15(10-18(22)23)12-3-5-16-17(9-12)27-7-6-26-16/h2-5,8-9,15H,6-7,10H2,1H3,(H,22,23). The number of fused-ring (bicyclic) bond motifs is 2. The summed E-state index contributed by atoms with van der Waals surface area (Å²) < 4.78 is 11.0. The van der Waals surface area contributed by atoms with Crippen molar-refractivity contribution in [3.63, 3.8) is 0 Å². The molecule has 0 fully saturated rings. The van der Waals surface area contributed by atoms with E-state index in [1.807, 2.05) is 6.92 Å². The van der Waals surface area contributed by atoms with E-state index < -0.39 is 30.2 Å². The molecule has 7 heteroatoms. The molecule has 0 spiro atoms. The minimum atomic E-state index is -1.11. The Labute approximate surface area is 155 Å². The highest BCUT2D eigenvalue weighted by atomic mass is 16.6. The van der Waals surface area contributed by atoms with Crippen LogP contribution in [-0.2, 0) is 4.79 Å². The highest BCUT2D eigenvalue weighted by molar-refractivity contribution is 6.21. The summed E-state index contributed by atoms with van der Waals surface area (Å²) in [6, 6.07) is 9.03. The van der Waals surface area contributed by atoms with Crippen molar-refractivity contribution in [2.75, 3.05) is 13.2 Å². The van der Waals surface area contributed by atoms with Crippen LogP contribution in [0.15, 0.2) is 36.4 Å². The zero-order valence-corrected chi connectivity index (χ0v) is 14.6. The van der Waals surface area contributed by atoms with Crippen LogP contribution in [0.2, 0.25) is 0 Å². The molecule has 1 unspecified atom stereocenters. The fourth-order valence-corrected chi connectivity index (χ4v) is 3.45. The van der Waals surface area contributed by atoms with Crippen LogP contribution >= 0.6 is 0 Å². The first-order chi connectivity index (χ1) is 13.0. The molecular formula is C20H17NO6. The average molecular weight is 367 g/mol. The maximum atomic E-state index is 12.9. The van der Waals surface area contributed by atoms with E-state index in [4.69, 9.17) is 9.47 Å². The SMILES string of the molecule is Cc1ccc2c(c1)C(=O)N(C(CC(=O)O)c1ccc3c(c1)OCCO3)C2=O. The number of ether oxygens (including phenoxy) is 2. The molecule has 7 nitrogen and oxygen atoms in total. The summed E-state index contributed by atoms with van der Waals surface area (Å²) in [5.41, 5.74) is 1.95.